The van der Waals surface area contributed by atoms with Crippen molar-refractivity contribution >= 4 is 45.9 Å². The summed E-state index contributed by atoms with van der Waals surface area (Å²) < 4.78 is 10.9. The Balaban J connectivity index is 1.69. The molecule has 0 spiro atoms. The van der Waals surface area contributed by atoms with Crippen LogP contribution in [0.4, 0.5) is 5.82 Å². The van der Waals surface area contributed by atoms with Crippen molar-refractivity contribution in [1.29, 1.82) is 0 Å². The van der Waals surface area contributed by atoms with E-state index in [1.54, 1.807) is 18.6 Å². The Kier molecular flexibility index (Phi) is 5.94. The molecule has 0 amide bonds. The van der Waals surface area contributed by atoms with Crippen molar-refractivity contribution in [2.75, 3.05) is 24.7 Å². The van der Waals surface area contributed by atoms with Crippen LogP contribution in [0, 0.1) is 0 Å². The second-order valence-electron chi connectivity index (χ2n) is 7.01. The first-order valence-electron chi connectivity index (χ1n) is 9.42. The minimum absolute atomic E-state index is 0.000308. The Bertz CT molecular complexity index is 1020. The average molecular weight is 435 g/mol. The molecule has 0 aliphatic carbocycles. The molecular formula is C21H20Cl2N2O4. The van der Waals surface area contributed by atoms with E-state index in [9.17, 15) is 4.79 Å². The quantitative estimate of drug-likeness (QED) is 0.510. The number of nitrogens with zero attached hydrogens (tertiary/aromatic N) is 2. The zero-order valence-corrected chi connectivity index (χ0v) is 17.1. The maximum Gasteiger partial charge on any atom is 0.305 e. The highest BCUT2D eigenvalue weighted by atomic mass is 35.5. The predicted octanol–water partition coefficient (Wildman–Crippen LogP) is 5.26. The van der Waals surface area contributed by atoms with Crippen molar-refractivity contribution in [1.82, 2.24) is 4.98 Å². The van der Waals surface area contributed by atoms with E-state index >= 15 is 0 Å². The van der Waals surface area contributed by atoms with E-state index in [-0.39, 0.29) is 19.1 Å². The fourth-order valence-corrected chi connectivity index (χ4v) is 4.07. The minimum atomic E-state index is -0.860. The molecule has 3 aromatic rings. The van der Waals surface area contributed by atoms with E-state index in [0.717, 1.165) is 41.7 Å². The lowest BCUT2D eigenvalue weighted by Crippen LogP contribution is -2.34. The summed E-state index contributed by atoms with van der Waals surface area (Å²) in [6.45, 7) is 1.50. The van der Waals surface area contributed by atoms with Crippen LogP contribution in [0.3, 0.4) is 0 Å². The molecule has 1 saturated heterocycles. The second-order valence-corrected chi connectivity index (χ2v) is 7.79. The molecule has 4 rings (SSSR count). The van der Waals surface area contributed by atoms with Gasteiger partial charge in [0, 0.05) is 17.5 Å². The number of aliphatic carboxylic acids is 1. The van der Waals surface area contributed by atoms with Gasteiger partial charge < -0.3 is 19.2 Å². The van der Waals surface area contributed by atoms with Crippen LogP contribution >= 0.6 is 23.2 Å². The number of hydrogen-bond donors (Lipinski definition) is 1. The summed E-state index contributed by atoms with van der Waals surface area (Å²) in [5, 5.41) is 10.6. The molecule has 0 unspecified atom stereocenters. The largest absolute Gasteiger partial charge is 0.481 e. The zero-order chi connectivity index (χ0) is 20.4. The first kappa shape index (κ1) is 20.0. The van der Waals surface area contributed by atoms with Gasteiger partial charge in [0.25, 0.3) is 0 Å². The van der Waals surface area contributed by atoms with Gasteiger partial charge in [-0.3, -0.25) is 4.79 Å². The van der Waals surface area contributed by atoms with Crippen LogP contribution in [-0.4, -0.2) is 41.9 Å². The molecule has 1 N–H and O–H groups in total. The van der Waals surface area contributed by atoms with Gasteiger partial charge in [0.2, 0.25) is 0 Å². The van der Waals surface area contributed by atoms with Crippen molar-refractivity contribution < 1.29 is 19.1 Å². The van der Waals surface area contributed by atoms with Crippen LogP contribution in [0.1, 0.15) is 19.3 Å². The van der Waals surface area contributed by atoms with Gasteiger partial charge in [-0.25, -0.2) is 4.98 Å². The molecule has 1 aliphatic heterocycles. The molecule has 152 valence electrons. The topological polar surface area (TPSA) is 75.8 Å². The average Bonchev–Trinajstić information content (AvgIpc) is 3.39. The number of hydrogen-bond acceptors (Lipinski definition) is 5. The van der Waals surface area contributed by atoms with Gasteiger partial charge in [-0.1, -0.05) is 29.3 Å². The van der Waals surface area contributed by atoms with E-state index < -0.39 is 5.97 Å². The Hall–Kier alpha value is -2.28. The molecule has 3 heterocycles. The number of carboxylic acid groups (broad SMARTS) is 1. The van der Waals surface area contributed by atoms with Crippen molar-refractivity contribution in [2.24, 2.45) is 0 Å². The number of fused-ring (bicyclic) bond motifs is 1. The molecule has 1 aromatic carbocycles. The molecule has 1 atom stereocenters. The highest BCUT2D eigenvalue weighted by Crippen LogP contribution is 2.38. The van der Waals surface area contributed by atoms with E-state index in [0.29, 0.717) is 22.2 Å². The van der Waals surface area contributed by atoms with Crippen LogP contribution in [0.25, 0.3) is 22.0 Å². The Morgan fingerprint density at radius 3 is 2.97 bits per heavy atom. The zero-order valence-electron chi connectivity index (χ0n) is 15.6. The summed E-state index contributed by atoms with van der Waals surface area (Å²) in [6, 6.07) is 7.75. The first-order valence-corrected chi connectivity index (χ1v) is 10.2. The Labute approximate surface area is 178 Å². The highest BCUT2D eigenvalue weighted by molar-refractivity contribution is 6.45. The van der Waals surface area contributed by atoms with Crippen LogP contribution in [0.5, 0.6) is 0 Å². The smallest absolute Gasteiger partial charge is 0.305 e. The van der Waals surface area contributed by atoms with E-state index in [1.807, 2.05) is 18.2 Å². The van der Waals surface area contributed by atoms with E-state index in [4.69, 9.17) is 42.4 Å². The number of furan rings is 1. The van der Waals surface area contributed by atoms with E-state index in [2.05, 4.69) is 4.90 Å². The number of aromatic nitrogens is 1. The number of anilines is 1. The van der Waals surface area contributed by atoms with Crippen LogP contribution < -0.4 is 4.90 Å². The summed E-state index contributed by atoms with van der Waals surface area (Å²) in [4.78, 5) is 17.7. The van der Waals surface area contributed by atoms with Gasteiger partial charge in [-0.2, -0.15) is 0 Å². The first-order chi connectivity index (χ1) is 14.0. The van der Waals surface area contributed by atoms with Gasteiger partial charge in [0.1, 0.15) is 5.82 Å². The normalized spacial score (nSPS) is 16.6. The Morgan fingerprint density at radius 1 is 1.34 bits per heavy atom. The molecule has 1 aliphatic rings. The molecule has 0 saturated carbocycles. The molecule has 29 heavy (non-hydrogen) atoms. The Morgan fingerprint density at radius 2 is 2.21 bits per heavy atom. The molecule has 0 bridgehead atoms. The van der Waals surface area contributed by atoms with Gasteiger partial charge in [0.05, 0.1) is 53.8 Å². The molecule has 0 radical (unpaired) electrons. The lowest BCUT2D eigenvalue weighted by molar-refractivity contribution is -0.138. The third-order valence-electron chi connectivity index (χ3n) is 5.13. The number of benzene rings is 1. The second kappa shape index (κ2) is 8.61. The maximum absolute atomic E-state index is 10.7. The molecule has 2 aromatic heterocycles. The number of carbonyl (C=O) groups is 1. The predicted molar refractivity (Wildman–Crippen MR) is 113 cm³/mol. The molecular weight excluding hydrogens is 415 g/mol. The summed E-state index contributed by atoms with van der Waals surface area (Å²) in [5.74, 6) is -0.0667. The number of rotatable bonds is 7. The summed E-state index contributed by atoms with van der Waals surface area (Å²) in [5.41, 5.74) is 2.55. The number of halogens is 2. The monoisotopic (exact) mass is 434 g/mol. The fraction of sp³-hybridized carbons (Fsp3) is 0.333. The van der Waals surface area contributed by atoms with Crippen LogP contribution in [0.2, 0.25) is 10.0 Å². The van der Waals surface area contributed by atoms with Gasteiger partial charge in [-0.05, 0) is 36.6 Å². The SMILES string of the molecule is O=C(O)CCOC[C@@H]1CCCN1c1cc(-c2ccoc2)c2ccc(Cl)c(Cl)c2n1. The standard InChI is InChI=1S/C21H20Cl2N2O4/c22-17-4-3-15-16(13-5-8-28-11-13)10-18(24-21(15)20(17)23)25-7-1-2-14(25)12-29-9-6-19(26)27/h3-5,8,10-11,14H,1-2,6-7,9,12H2,(H,26,27)/t14-/m0/s1. The summed E-state index contributed by atoms with van der Waals surface area (Å²) >= 11 is 12.7. The minimum Gasteiger partial charge on any atom is -0.481 e. The van der Waals surface area contributed by atoms with Crippen LogP contribution in [-0.2, 0) is 9.53 Å². The molecule has 1 fully saturated rings. The van der Waals surface area contributed by atoms with Crippen molar-refractivity contribution in [3.05, 3.63) is 46.8 Å². The number of pyridine rings is 1. The lowest BCUT2D eigenvalue weighted by atomic mass is 10.0. The third-order valence-corrected chi connectivity index (χ3v) is 5.93. The van der Waals surface area contributed by atoms with Gasteiger partial charge in [-0.15, -0.1) is 0 Å². The van der Waals surface area contributed by atoms with Gasteiger partial charge in [0.15, 0.2) is 0 Å². The van der Waals surface area contributed by atoms with Crippen molar-refractivity contribution in [2.45, 2.75) is 25.3 Å². The van der Waals surface area contributed by atoms with E-state index in [1.165, 1.54) is 0 Å². The molecule has 8 heteroatoms. The highest BCUT2D eigenvalue weighted by Gasteiger charge is 2.27. The van der Waals surface area contributed by atoms with Crippen molar-refractivity contribution in [3.63, 3.8) is 0 Å². The number of carboxylic acids is 1. The lowest BCUT2D eigenvalue weighted by Gasteiger charge is -2.26. The van der Waals surface area contributed by atoms with Gasteiger partial charge >= 0.3 is 5.97 Å². The van der Waals surface area contributed by atoms with Crippen LogP contribution in [0.15, 0.2) is 41.2 Å². The number of ether oxygens (including phenoxy) is 1. The summed E-state index contributed by atoms with van der Waals surface area (Å²) in [6.07, 6.45) is 5.29. The van der Waals surface area contributed by atoms with Crippen molar-refractivity contribution in [3.8, 4) is 11.1 Å². The molecule has 6 nitrogen and oxygen atoms in total. The summed E-state index contributed by atoms with van der Waals surface area (Å²) in [7, 11) is 0. The maximum atomic E-state index is 10.7. The fourth-order valence-electron chi connectivity index (χ4n) is 3.71. The third kappa shape index (κ3) is 4.20.